The number of hydrogen-bond donors (Lipinski definition) is 0. The third-order valence-corrected chi connectivity index (χ3v) is 5.55. The van der Waals surface area contributed by atoms with Crippen molar-refractivity contribution in [1.82, 2.24) is 9.88 Å². The van der Waals surface area contributed by atoms with E-state index in [-0.39, 0.29) is 6.10 Å². The number of hydrogen-bond acceptors (Lipinski definition) is 4. The minimum absolute atomic E-state index is 0.265. The van der Waals surface area contributed by atoms with Crippen LogP contribution in [0.15, 0.2) is 66.7 Å². The van der Waals surface area contributed by atoms with Crippen molar-refractivity contribution in [3.63, 3.8) is 0 Å². The van der Waals surface area contributed by atoms with Crippen LogP contribution in [0.2, 0.25) is 0 Å². The minimum atomic E-state index is 0.265. The Morgan fingerprint density at radius 3 is 2.69 bits per heavy atom. The van der Waals surface area contributed by atoms with E-state index in [9.17, 15) is 0 Å². The standard InChI is InChI=1S/C22H23N3O/c1-2-6-17(7-3-1)14-24-12-13-26-21-16-25(15-20(21)24)22-11-10-18-8-4-5-9-19(18)23-22/h1-11,20-21H,12-16H2. The molecule has 4 nitrogen and oxygen atoms in total. The van der Waals surface area contributed by atoms with Crippen molar-refractivity contribution in [2.75, 3.05) is 31.1 Å². The molecule has 0 N–H and O–H groups in total. The van der Waals surface area contributed by atoms with Crippen LogP contribution in [-0.4, -0.2) is 48.3 Å². The van der Waals surface area contributed by atoms with Crippen LogP contribution in [0, 0.1) is 0 Å². The molecular formula is C22H23N3O. The summed E-state index contributed by atoms with van der Waals surface area (Å²) in [6.45, 7) is 4.69. The molecule has 26 heavy (non-hydrogen) atoms. The fraction of sp³-hybridized carbons (Fsp3) is 0.318. The van der Waals surface area contributed by atoms with Gasteiger partial charge in [0.15, 0.2) is 0 Å². The first kappa shape index (κ1) is 15.8. The Morgan fingerprint density at radius 2 is 1.77 bits per heavy atom. The Bertz CT molecular complexity index is 898. The van der Waals surface area contributed by atoms with Crippen molar-refractivity contribution >= 4 is 16.7 Å². The number of nitrogens with zero attached hydrogens (tertiary/aromatic N) is 3. The van der Waals surface area contributed by atoms with E-state index in [2.05, 4.69) is 70.5 Å². The van der Waals surface area contributed by atoms with Gasteiger partial charge in [0.1, 0.15) is 5.82 Å². The summed E-state index contributed by atoms with van der Waals surface area (Å²) in [5, 5.41) is 1.19. The lowest BCUT2D eigenvalue weighted by Crippen LogP contribution is -2.50. The van der Waals surface area contributed by atoms with Crippen LogP contribution in [-0.2, 0) is 11.3 Å². The predicted molar refractivity (Wildman–Crippen MR) is 104 cm³/mol. The van der Waals surface area contributed by atoms with Crippen LogP contribution in [0.25, 0.3) is 10.9 Å². The number of para-hydroxylation sites is 1. The molecule has 0 bridgehead atoms. The van der Waals surface area contributed by atoms with E-state index in [4.69, 9.17) is 9.72 Å². The fourth-order valence-electron chi connectivity index (χ4n) is 4.19. The molecule has 2 aliphatic heterocycles. The van der Waals surface area contributed by atoms with Gasteiger partial charge in [-0.3, -0.25) is 4.90 Å². The maximum atomic E-state index is 6.10. The lowest BCUT2D eigenvalue weighted by Gasteiger charge is -2.36. The summed E-state index contributed by atoms with van der Waals surface area (Å²) in [7, 11) is 0. The van der Waals surface area contributed by atoms with Crippen molar-refractivity contribution in [2.24, 2.45) is 0 Å². The number of aromatic nitrogens is 1. The zero-order chi connectivity index (χ0) is 17.3. The summed E-state index contributed by atoms with van der Waals surface area (Å²) in [4.78, 5) is 9.83. The SMILES string of the molecule is c1ccc(CN2CCOC3CN(c4ccc5ccccc5n4)CC32)cc1. The molecule has 2 fully saturated rings. The Balaban J connectivity index is 1.37. The first-order valence-corrected chi connectivity index (χ1v) is 9.37. The number of pyridine rings is 1. The van der Waals surface area contributed by atoms with Gasteiger partial charge < -0.3 is 9.64 Å². The maximum Gasteiger partial charge on any atom is 0.129 e. The van der Waals surface area contributed by atoms with E-state index in [1.807, 2.05) is 6.07 Å². The van der Waals surface area contributed by atoms with Gasteiger partial charge in [0, 0.05) is 31.6 Å². The lowest BCUT2D eigenvalue weighted by atomic mass is 10.1. The first-order valence-electron chi connectivity index (χ1n) is 9.37. The molecule has 3 aromatic rings. The van der Waals surface area contributed by atoms with Gasteiger partial charge in [-0.25, -0.2) is 4.98 Å². The molecule has 2 aliphatic rings. The summed E-state index contributed by atoms with van der Waals surface area (Å²) in [6.07, 6.45) is 0.265. The molecule has 4 heteroatoms. The van der Waals surface area contributed by atoms with E-state index in [0.29, 0.717) is 6.04 Å². The van der Waals surface area contributed by atoms with Gasteiger partial charge in [-0.2, -0.15) is 0 Å². The molecule has 3 heterocycles. The number of morpholine rings is 1. The van der Waals surface area contributed by atoms with E-state index in [0.717, 1.165) is 44.1 Å². The van der Waals surface area contributed by atoms with Gasteiger partial charge >= 0.3 is 0 Å². The molecule has 0 saturated carbocycles. The average Bonchev–Trinajstić information content (AvgIpc) is 3.14. The third-order valence-electron chi connectivity index (χ3n) is 5.55. The summed E-state index contributed by atoms with van der Waals surface area (Å²) in [5.41, 5.74) is 2.43. The highest BCUT2D eigenvalue weighted by molar-refractivity contribution is 5.80. The maximum absolute atomic E-state index is 6.10. The van der Waals surface area contributed by atoms with Crippen molar-refractivity contribution in [3.05, 3.63) is 72.3 Å². The van der Waals surface area contributed by atoms with Crippen LogP contribution >= 0.6 is 0 Å². The van der Waals surface area contributed by atoms with Gasteiger partial charge in [0.05, 0.1) is 24.3 Å². The highest BCUT2D eigenvalue weighted by Gasteiger charge is 2.40. The Hall–Kier alpha value is -2.43. The van der Waals surface area contributed by atoms with E-state index in [1.54, 1.807) is 0 Å². The molecular weight excluding hydrogens is 322 g/mol. The first-order chi connectivity index (χ1) is 12.9. The highest BCUT2D eigenvalue weighted by atomic mass is 16.5. The summed E-state index contributed by atoms with van der Waals surface area (Å²) in [5.74, 6) is 1.06. The predicted octanol–water partition coefficient (Wildman–Crippen LogP) is 3.32. The zero-order valence-electron chi connectivity index (χ0n) is 14.8. The van der Waals surface area contributed by atoms with Gasteiger partial charge in [0.2, 0.25) is 0 Å². The largest absolute Gasteiger partial charge is 0.373 e. The fourth-order valence-corrected chi connectivity index (χ4v) is 4.19. The van der Waals surface area contributed by atoms with E-state index in [1.165, 1.54) is 10.9 Å². The average molecular weight is 345 g/mol. The van der Waals surface area contributed by atoms with Gasteiger partial charge in [-0.15, -0.1) is 0 Å². The van der Waals surface area contributed by atoms with Crippen molar-refractivity contribution < 1.29 is 4.74 Å². The van der Waals surface area contributed by atoms with Crippen LogP contribution in [0.3, 0.4) is 0 Å². The number of benzene rings is 2. The molecule has 2 unspecified atom stereocenters. The van der Waals surface area contributed by atoms with E-state index >= 15 is 0 Å². The lowest BCUT2D eigenvalue weighted by molar-refractivity contribution is -0.0499. The van der Waals surface area contributed by atoms with E-state index < -0.39 is 0 Å². The molecule has 2 aromatic carbocycles. The molecule has 5 rings (SSSR count). The van der Waals surface area contributed by atoms with Crippen molar-refractivity contribution in [2.45, 2.75) is 18.7 Å². The van der Waals surface area contributed by atoms with Crippen LogP contribution in [0.4, 0.5) is 5.82 Å². The Morgan fingerprint density at radius 1 is 0.923 bits per heavy atom. The second-order valence-electron chi connectivity index (χ2n) is 7.20. The van der Waals surface area contributed by atoms with Gasteiger partial charge in [-0.05, 0) is 23.8 Å². The molecule has 0 amide bonds. The van der Waals surface area contributed by atoms with Crippen molar-refractivity contribution in [3.8, 4) is 0 Å². The second-order valence-corrected chi connectivity index (χ2v) is 7.20. The molecule has 132 valence electrons. The minimum Gasteiger partial charge on any atom is -0.373 e. The van der Waals surface area contributed by atoms with Gasteiger partial charge in [-0.1, -0.05) is 48.5 Å². The Labute approximate surface area is 154 Å². The zero-order valence-corrected chi connectivity index (χ0v) is 14.8. The normalized spacial score (nSPS) is 23.3. The molecule has 0 aliphatic carbocycles. The molecule has 0 radical (unpaired) electrons. The third kappa shape index (κ3) is 2.96. The van der Waals surface area contributed by atoms with Crippen LogP contribution < -0.4 is 4.90 Å². The molecule has 2 atom stereocenters. The Kier molecular flexibility index (Phi) is 4.07. The second kappa shape index (κ2) is 6.71. The smallest absolute Gasteiger partial charge is 0.129 e. The molecule has 2 saturated heterocycles. The summed E-state index contributed by atoms with van der Waals surface area (Å²) >= 11 is 0. The quantitative estimate of drug-likeness (QED) is 0.728. The van der Waals surface area contributed by atoms with Crippen molar-refractivity contribution in [1.29, 1.82) is 0 Å². The monoisotopic (exact) mass is 345 g/mol. The molecule has 1 aromatic heterocycles. The number of fused-ring (bicyclic) bond motifs is 2. The van der Waals surface area contributed by atoms with Gasteiger partial charge in [0.25, 0.3) is 0 Å². The van der Waals surface area contributed by atoms with Crippen LogP contribution in [0.1, 0.15) is 5.56 Å². The number of anilines is 1. The number of rotatable bonds is 3. The highest BCUT2D eigenvalue weighted by Crippen LogP contribution is 2.28. The number of ether oxygens (including phenoxy) is 1. The topological polar surface area (TPSA) is 28.6 Å². The summed E-state index contributed by atoms with van der Waals surface area (Å²) < 4.78 is 6.10. The molecule has 0 spiro atoms. The van der Waals surface area contributed by atoms with Crippen LogP contribution in [0.5, 0.6) is 0 Å². The summed E-state index contributed by atoms with van der Waals surface area (Å²) in [6, 6.07) is 23.8.